The molecule has 0 aromatic heterocycles. The van der Waals surface area contributed by atoms with Crippen LogP contribution in [0, 0.1) is 5.82 Å². The van der Waals surface area contributed by atoms with E-state index in [2.05, 4.69) is 36.1 Å². The van der Waals surface area contributed by atoms with Gasteiger partial charge in [-0.2, -0.15) is 0 Å². The van der Waals surface area contributed by atoms with Crippen LogP contribution in [0.3, 0.4) is 0 Å². The zero-order valence-corrected chi connectivity index (χ0v) is 16.0. The highest BCUT2D eigenvalue weighted by atomic mass is 19.1. The molecular formula is C23H28FNO2. The normalized spacial score (nSPS) is 17.0. The van der Waals surface area contributed by atoms with Crippen LogP contribution in [0.2, 0.25) is 0 Å². The Hall–Kier alpha value is -2.04. The van der Waals surface area contributed by atoms with Crippen molar-refractivity contribution in [3.8, 4) is 0 Å². The number of nitrogens with zero attached hydrogens (tertiary/aromatic N) is 1. The van der Waals surface area contributed by atoms with Crippen LogP contribution in [0.25, 0.3) is 0 Å². The van der Waals surface area contributed by atoms with Crippen LogP contribution in [-0.4, -0.2) is 35.4 Å². The summed E-state index contributed by atoms with van der Waals surface area (Å²) >= 11 is 0. The predicted octanol–water partition coefficient (Wildman–Crippen LogP) is 4.33. The molecule has 2 aromatic carbocycles. The summed E-state index contributed by atoms with van der Waals surface area (Å²) in [7, 11) is 0. The van der Waals surface area contributed by atoms with Gasteiger partial charge in [-0.1, -0.05) is 31.2 Å². The number of aryl methyl sites for hydroxylation is 1. The summed E-state index contributed by atoms with van der Waals surface area (Å²) in [6.07, 6.45) is 3.67. The summed E-state index contributed by atoms with van der Waals surface area (Å²) in [5.41, 5.74) is 2.11. The van der Waals surface area contributed by atoms with Gasteiger partial charge in [0.2, 0.25) is 0 Å². The first-order valence-corrected chi connectivity index (χ1v) is 9.83. The van der Waals surface area contributed by atoms with E-state index < -0.39 is 5.60 Å². The van der Waals surface area contributed by atoms with Gasteiger partial charge in [0, 0.05) is 25.1 Å². The fourth-order valence-electron chi connectivity index (χ4n) is 3.73. The third-order valence-electron chi connectivity index (χ3n) is 5.63. The van der Waals surface area contributed by atoms with Crippen molar-refractivity contribution in [1.29, 1.82) is 0 Å². The van der Waals surface area contributed by atoms with Crippen LogP contribution in [-0.2, 0) is 12.0 Å². The van der Waals surface area contributed by atoms with Gasteiger partial charge in [-0.05, 0) is 67.6 Å². The highest BCUT2D eigenvalue weighted by Crippen LogP contribution is 2.33. The lowest BCUT2D eigenvalue weighted by Crippen LogP contribution is -2.42. The number of aliphatic hydroxyl groups is 1. The monoisotopic (exact) mass is 369 g/mol. The van der Waals surface area contributed by atoms with E-state index in [1.54, 1.807) is 12.1 Å². The molecule has 3 rings (SSSR count). The SMILES string of the molecule is CCc1ccc(C2(O)CCN(CCCC(=O)c3ccc(F)cc3)CC2)cc1. The van der Waals surface area contributed by atoms with Gasteiger partial charge in [0.25, 0.3) is 0 Å². The van der Waals surface area contributed by atoms with E-state index in [1.165, 1.54) is 17.7 Å². The maximum Gasteiger partial charge on any atom is 0.162 e. The topological polar surface area (TPSA) is 40.5 Å². The van der Waals surface area contributed by atoms with E-state index in [1.807, 2.05) is 0 Å². The first-order chi connectivity index (χ1) is 13.0. The number of likely N-dealkylation sites (tertiary alicyclic amines) is 1. The van der Waals surface area contributed by atoms with Crippen LogP contribution in [0.5, 0.6) is 0 Å². The second kappa shape index (κ2) is 8.77. The largest absolute Gasteiger partial charge is 0.385 e. The Morgan fingerprint density at radius 1 is 1.07 bits per heavy atom. The Labute approximate surface area is 160 Å². The lowest BCUT2D eigenvalue weighted by molar-refractivity contribution is -0.0260. The molecule has 1 aliphatic heterocycles. The van der Waals surface area contributed by atoms with Crippen LogP contribution >= 0.6 is 0 Å². The van der Waals surface area contributed by atoms with Crippen LogP contribution in [0.4, 0.5) is 4.39 Å². The molecule has 1 aliphatic rings. The Kier molecular flexibility index (Phi) is 6.40. The van der Waals surface area contributed by atoms with Gasteiger partial charge in [-0.25, -0.2) is 4.39 Å². The molecule has 27 heavy (non-hydrogen) atoms. The highest BCUT2D eigenvalue weighted by molar-refractivity contribution is 5.95. The molecule has 3 nitrogen and oxygen atoms in total. The fourth-order valence-corrected chi connectivity index (χ4v) is 3.73. The second-order valence-corrected chi connectivity index (χ2v) is 7.46. The minimum Gasteiger partial charge on any atom is -0.385 e. The molecule has 0 radical (unpaired) electrons. The molecule has 0 unspecified atom stereocenters. The van der Waals surface area contributed by atoms with Gasteiger partial charge in [-0.15, -0.1) is 0 Å². The van der Waals surface area contributed by atoms with E-state index in [-0.39, 0.29) is 11.6 Å². The van der Waals surface area contributed by atoms with Crippen molar-refractivity contribution in [3.63, 3.8) is 0 Å². The van der Waals surface area contributed by atoms with E-state index in [0.717, 1.165) is 38.0 Å². The van der Waals surface area contributed by atoms with E-state index >= 15 is 0 Å². The molecule has 1 N–H and O–H groups in total. The van der Waals surface area contributed by atoms with Crippen molar-refractivity contribution in [2.24, 2.45) is 0 Å². The number of Topliss-reactive ketones (excluding diaryl/α,β-unsaturated/α-hetero) is 1. The van der Waals surface area contributed by atoms with Gasteiger partial charge in [0.15, 0.2) is 5.78 Å². The van der Waals surface area contributed by atoms with Crippen molar-refractivity contribution < 1.29 is 14.3 Å². The smallest absolute Gasteiger partial charge is 0.162 e. The number of hydrogen-bond acceptors (Lipinski definition) is 3. The molecule has 0 saturated carbocycles. The molecule has 0 bridgehead atoms. The van der Waals surface area contributed by atoms with Crippen LogP contribution < -0.4 is 0 Å². The fraction of sp³-hybridized carbons (Fsp3) is 0.435. The van der Waals surface area contributed by atoms with Crippen molar-refractivity contribution in [1.82, 2.24) is 4.90 Å². The first kappa shape index (κ1) is 19.7. The minimum absolute atomic E-state index is 0.0551. The minimum atomic E-state index is -0.743. The lowest BCUT2D eigenvalue weighted by Gasteiger charge is -2.38. The summed E-state index contributed by atoms with van der Waals surface area (Å²) in [4.78, 5) is 14.5. The Balaban J connectivity index is 1.45. The van der Waals surface area contributed by atoms with E-state index in [9.17, 15) is 14.3 Å². The number of hydrogen-bond donors (Lipinski definition) is 1. The molecule has 1 fully saturated rings. The molecule has 0 amide bonds. The number of halogens is 1. The number of carbonyl (C=O) groups is 1. The predicted molar refractivity (Wildman–Crippen MR) is 105 cm³/mol. The van der Waals surface area contributed by atoms with E-state index in [0.29, 0.717) is 24.8 Å². The summed E-state index contributed by atoms with van der Waals surface area (Å²) in [6.45, 7) is 4.63. The summed E-state index contributed by atoms with van der Waals surface area (Å²) in [6, 6.07) is 14.0. The average Bonchev–Trinajstić information content (AvgIpc) is 2.70. The molecule has 144 valence electrons. The maximum atomic E-state index is 12.9. The molecule has 0 spiro atoms. The Bertz CT molecular complexity index is 747. The van der Waals surface area contributed by atoms with E-state index in [4.69, 9.17) is 0 Å². The molecule has 0 atom stereocenters. The number of rotatable bonds is 7. The number of ketones is 1. The van der Waals surface area contributed by atoms with Crippen molar-refractivity contribution in [2.75, 3.05) is 19.6 Å². The quantitative estimate of drug-likeness (QED) is 0.739. The van der Waals surface area contributed by atoms with Crippen molar-refractivity contribution in [3.05, 3.63) is 71.0 Å². The van der Waals surface area contributed by atoms with Gasteiger partial charge in [-0.3, -0.25) is 4.79 Å². The third kappa shape index (κ3) is 5.02. The van der Waals surface area contributed by atoms with Crippen LogP contribution in [0.1, 0.15) is 54.1 Å². The number of piperidine rings is 1. The van der Waals surface area contributed by atoms with Gasteiger partial charge in [0.05, 0.1) is 5.60 Å². The molecule has 0 aliphatic carbocycles. The van der Waals surface area contributed by atoms with Crippen LogP contribution in [0.15, 0.2) is 48.5 Å². The molecule has 2 aromatic rings. The van der Waals surface area contributed by atoms with Crippen molar-refractivity contribution >= 4 is 5.78 Å². The van der Waals surface area contributed by atoms with Gasteiger partial charge >= 0.3 is 0 Å². The highest BCUT2D eigenvalue weighted by Gasteiger charge is 2.33. The molecule has 1 heterocycles. The number of benzene rings is 2. The zero-order chi connectivity index (χ0) is 19.3. The summed E-state index contributed by atoms with van der Waals surface area (Å²) in [5, 5.41) is 11.0. The first-order valence-electron chi connectivity index (χ1n) is 9.83. The number of carbonyl (C=O) groups excluding carboxylic acids is 1. The second-order valence-electron chi connectivity index (χ2n) is 7.46. The summed E-state index contributed by atoms with van der Waals surface area (Å²) < 4.78 is 12.9. The maximum absolute atomic E-state index is 12.9. The molecule has 4 heteroatoms. The molecular weight excluding hydrogens is 341 g/mol. The lowest BCUT2D eigenvalue weighted by atomic mass is 9.84. The standard InChI is InChI=1S/C23H28FNO2/c1-2-18-5-9-20(10-6-18)23(27)13-16-25(17-14-23)15-3-4-22(26)19-7-11-21(24)12-8-19/h5-12,27H,2-4,13-17H2,1H3. The summed E-state index contributed by atoms with van der Waals surface area (Å²) in [5.74, 6) is -0.267. The average molecular weight is 369 g/mol. The molecule has 1 saturated heterocycles. The van der Waals surface area contributed by atoms with Crippen molar-refractivity contribution in [2.45, 2.75) is 44.6 Å². The van der Waals surface area contributed by atoms with Gasteiger partial charge in [0.1, 0.15) is 5.82 Å². The Morgan fingerprint density at radius 2 is 1.70 bits per heavy atom. The third-order valence-corrected chi connectivity index (χ3v) is 5.63. The Morgan fingerprint density at radius 3 is 2.30 bits per heavy atom. The zero-order valence-electron chi connectivity index (χ0n) is 16.0. The van der Waals surface area contributed by atoms with Gasteiger partial charge < -0.3 is 10.0 Å².